The van der Waals surface area contributed by atoms with E-state index in [-0.39, 0.29) is 11.7 Å². The molecular weight excluding hydrogens is 217 g/mol. The summed E-state index contributed by atoms with van der Waals surface area (Å²) in [5.74, 6) is 0.151. The Kier molecular flexibility index (Phi) is 6.82. The Labute approximate surface area is 103 Å². The highest BCUT2D eigenvalue weighted by atomic mass is 19.1. The predicted octanol–water partition coefficient (Wildman–Crippen LogP) is 2.95. The van der Waals surface area contributed by atoms with Crippen LogP contribution in [-0.2, 0) is 4.74 Å². The molecule has 1 unspecified atom stereocenters. The Morgan fingerprint density at radius 3 is 2.71 bits per heavy atom. The molecule has 1 aromatic carbocycles. The fourth-order valence-electron chi connectivity index (χ4n) is 2.06. The summed E-state index contributed by atoms with van der Waals surface area (Å²) in [6.07, 6.45) is 3.09. The van der Waals surface area contributed by atoms with Crippen molar-refractivity contribution in [2.45, 2.75) is 25.2 Å². The van der Waals surface area contributed by atoms with Crippen LogP contribution in [0.2, 0.25) is 0 Å². The number of methoxy groups -OCH3 is 1. The Morgan fingerprint density at radius 2 is 2.06 bits per heavy atom. The molecule has 1 rings (SSSR count). The third-order valence-corrected chi connectivity index (χ3v) is 2.95. The monoisotopic (exact) mass is 239 g/mol. The number of likely N-dealkylation sites (N-methyl/N-ethyl adjacent to an activating group) is 1. The van der Waals surface area contributed by atoms with Gasteiger partial charge < -0.3 is 10.1 Å². The zero-order valence-corrected chi connectivity index (χ0v) is 10.7. The van der Waals surface area contributed by atoms with Crippen LogP contribution in [0.3, 0.4) is 0 Å². The summed E-state index contributed by atoms with van der Waals surface area (Å²) in [6, 6.07) is 7.05. The van der Waals surface area contributed by atoms with Gasteiger partial charge >= 0.3 is 0 Å². The van der Waals surface area contributed by atoms with Crippen LogP contribution < -0.4 is 5.32 Å². The van der Waals surface area contributed by atoms with Crippen molar-refractivity contribution < 1.29 is 9.13 Å². The Bertz CT molecular complexity index is 317. The van der Waals surface area contributed by atoms with E-state index in [9.17, 15) is 4.39 Å². The van der Waals surface area contributed by atoms with Crippen LogP contribution in [0.1, 0.15) is 30.7 Å². The van der Waals surface area contributed by atoms with E-state index in [1.54, 1.807) is 13.2 Å². The molecule has 1 N–H and O–H groups in total. The second-order valence-electron chi connectivity index (χ2n) is 4.26. The summed E-state index contributed by atoms with van der Waals surface area (Å²) in [7, 11) is 3.62. The maximum Gasteiger partial charge on any atom is 0.126 e. The van der Waals surface area contributed by atoms with Gasteiger partial charge in [-0.3, -0.25) is 0 Å². The molecule has 0 radical (unpaired) electrons. The highest BCUT2D eigenvalue weighted by Crippen LogP contribution is 2.23. The second kappa shape index (κ2) is 8.20. The number of hydrogen-bond donors (Lipinski definition) is 1. The highest BCUT2D eigenvalue weighted by molar-refractivity contribution is 5.22. The van der Waals surface area contributed by atoms with Crippen LogP contribution >= 0.6 is 0 Å². The number of hydrogen-bond acceptors (Lipinski definition) is 2. The van der Waals surface area contributed by atoms with Crippen molar-refractivity contribution in [3.63, 3.8) is 0 Å². The summed E-state index contributed by atoms with van der Waals surface area (Å²) in [5, 5.41) is 3.14. The molecule has 0 aliphatic heterocycles. The van der Waals surface area contributed by atoms with Gasteiger partial charge in [0.2, 0.25) is 0 Å². The van der Waals surface area contributed by atoms with Crippen molar-refractivity contribution in [2.75, 3.05) is 27.3 Å². The number of nitrogens with one attached hydrogen (secondary N) is 1. The van der Waals surface area contributed by atoms with Crippen LogP contribution in [0.15, 0.2) is 24.3 Å². The molecule has 2 nitrogen and oxygen atoms in total. The molecule has 1 aromatic rings. The van der Waals surface area contributed by atoms with Crippen LogP contribution in [0, 0.1) is 5.82 Å². The van der Waals surface area contributed by atoms with Gasteiger partial charge in [-0.2, -0.15) is 0 Å². The molecule has 0 aromatic heterocycles. The van der Waals surface area contributed by atoms with E-state index in [1.165, 1.54) is 6.07 Å². The summed E-state index contributed by atoms with van der Waals surface area (Å²) in [5.41, 5.74) is 0.819. The average Bonchev–Trinajstić information content (AvgIpc) is 2.34. The van der Waals surface area contributed by atoms with E-state index in [0.717, 1.165) is 38.0 Å². The van der Waals surface area contributed by atoms with Gasteiger partial charge in [0.15, 0.2) is 0 Å². The molecule has 1 atom stereocenters. The zero-order valence-electron chi connectivity index (χ0n) is 10.7. The van der Waals surface area contributed by atoms with Gasteiger partial charge in [-0.05, 0) is 37.4 Å². The van der Waals surface area contributed by atoms with Gasteiger partial charge in [0.1, 0.15) is 5.82 Å². The van der Waals surface area contributed by atoms with E-state index in [0.29, 0.717) is 0 Å². The van der Waals surface area contributed by atoms with E-state index >= 15 is 0 Å². The first-order chi connectivity index (χ1) is 8.29. The number of rotatable bonds is 8. The SMILES string of the molecule is CNCC(CCCCOC)c1ccccc1F. The lowest BCUT2D eigenvalue weighted by Gasteiger charge is -2.17. The molecule has 0 fully saturated rings. The number of halogens is 1. The summed E-state index contributed by atoms with van der Waals surface area (Å²) >= 11 is 0. The smallest absolute Gasteiger partial charge is 0.126 e. The molecule has 0 spiro atoms. The van der Waals surface area contributed by atoms with Gasteiger partial charge in [0, 0.05) is 20.3 Å². The summed E-state index contributed by atoms with van der Waals surface area (Å²) in [6.45, 7) is 1.59. The van der Waals surface area contributed by atoms with Crippen LogP contribution in [-0.4, -0.2) is 27.3 Å². The highest BCUT2D eigenvalue weighted by Gasteiger charge is 2.14. The third-order valence-electron chi connectivity index (χ3n) is 2.95. The molecular formula is C14H22FNO. The first-order valence-corrected chi connectivity index (χ1v) is 6.17. The molecule has 0 amide bonds. The Hall–Kier alpha value is -0.930. The largest absolute Gasteiger partial charge is 0.385 e. The fraction of sp³-hybridized carbons (Fsp3) is 0.571. The van der Waals surface area contributed by atoms with Crippen molar-refractivity contribution >= 4 is 0 Å². The Morgan fingerprint density at radius 1 is 1.29 bits per heavy atom. The van der Waals surface area contributed by atoms with Crippen LogP contribution in [0.25, 0.3) is 0 Å². The maximum absolute atomic E-state index is 13.7. The zero-order chi connectivity index (χ0) is 12.5. The van der Waals surface area contributed by atoms with Crippen molar-refractivity contribution in [2.24, 2.45) is 0 Å². The van der Waals surface area contributed by atoms with Crippen molar-refractivity contribution in [1.29, 1.82) is 0 Å². The number of unbranched alkanes of at least 4 members (excludes halogenated alkanes) is 1. The molecule has 0 heterocycles. The van der Waals surface area contributed by atoms with Gasteiger partial charge in [0.25, 0.3) is 0 Å². The first-order valence-electron chi connectivity index (χ1n) is 6.17. The van der Waals surface area contributed by atoms with Crippen LogP contribution in [0.4, 0.5) is 4.39 Å². The molecule has 0 saturated carbocycles. The molecule has 0 aliphatic carbocycles. The molecule has 17 heavy (non-hydrogen) atoms. The number of ether oxygens (including phenoxy) is 1. The van der Waals surface area contributed by atoms with E-state index < -0.39 is 0 Å². The topological polar surface area (TPSA) is 21.3 Å². The average molecular weight is 239 g/mol. The fourth-order valence-corrected chi connectivity index (χ4v) is 2.06. The molecule has 3 heteroatoms. The molecule has 96 valence electrons. The predicted molar refractivity (Wildman–Crippen MR) is 68.8 cm³/mol. The van der Waals surface area contributed by atoms with Gasteiger partial charge in [-0.15, -0.1) is 0 Å². The van der Waals surface area contributed by atoms with E-state index in [1.807, 2.05) is 19.2 Å². The van der Waals surface area contributed by atoms with E-state index in [2.05, 4.69) is 5.32 Å². The number of benzene rings is 1. The first kappa shape index (κ1) is 14.1. The van der Waals surface area contributed by atoms with Gasteiger partial charge in [-0.25, -0.2) is 4.39 Å². The lowest BCUT2D eigenvalue weighted by molar-refractivity contribution is 0.191. The van der Waals surface area contributed by atoms with Crippen molar-refractivity contribution in [1.82, 2.24) is 5.32 Å². The molecule has 0 saturated heterocycles. The van der Waals surface area contributed by atoms with Crippen molar-refractivity contribution in [3.8, 4) is 0 Å². The Balaban J connectivity index is 2.56. The third kappa shape index (κ3) is 4.84. The molecule has 0 aliphatic rings. The van der Waals surface area contributed by atoms with Gasteiger partial charge in [0.05, 0.1) is 0 Å². The maximum atomic E-state index is 13.7. The lowest BCUT2D eigenvalue weighted by atomic mass is 9.93. The summed E-state index contributed by atoms with van der Waals surface area (Å²) in [4.78, 5) is 0. The van der Waals surface area contributed by atoms with Gasteiger partial charge in [-0.1, -0.05) is 24.6 Å². The minimum atomic E-state index is -0.0977. The minimum absolute atomic E-state index is 0.0977. The normalized spacial score (nSPS) is 12.6. The minimum Gasteiger partial charge on any atom is -0.385 e. The molecule has 0 bridgehead atoms. The quantitative estimate of drug-likeness (QED) is 0.704. The lowest BCUT2D eigenvalue weighted by Crippen LogP contribution is -2.18. The summed E-state index contributed by atoms with van der Waals surface area (Å²) < 4.78 is 18.7. The van der Waals surface area contributed by atoms with E-state index in [4.69, 9.17) is 4.74 Å². The standard InChI is InChI=1S/C14H22FNO/c1-16-11-12(7-5-6-10-17-2)13-8-3-4-9-14(13)15/h3-4,8-9,12,16H,5-7,10-11H2,1-2H3. The van der Waals surface area contributed by atoms with Crippen molar-refractivity contribution in [3.05, 3.63) is 35.6 Å². The second-order valence-corrected chi connectivity index (χ2v) is 4.26. The van der Waals surface area contributed by atoms with Crippen LogP contribution in [0.5, 0.6) is 0 Å².